The normalized spacial score (nSPS) is 12.9. The zero-order valence-corrected chi connectivity index (χ0v) is 14.3. The van der Waals surface area contributed by atoms with Crippen molar-refractivity contribution in [3.05, 3.63) is 36.1 Å². The maximum atomic E-state index is 12.8. The Morgan fingerprint density at radius 2 is 1.96 bits per heavy atom. The van der Waals surface area contributed by atoms with Gasteiger partial charge in [0, 0.05) is 18.0 Å². The van der Waals surface area contributed by atoms with Crippen LogP contribution in [-0.2, 0) is 4.74 Å². The van der Waals surface area contributed by atoms with Crippen molar-refractivity contribution in [2.45, 2.75) is 45.8 Å². The number of carbonyl (C=O) groups excluding carboxylic acids is 2. The van der Waals surface area contributed by atoms with Crippen molar-refractivity contribution in [1.82, 2.24) is 4.90 Å². The van der Waals surface area contributed by atoms with Crippen molar-refractivity contribution in [3.63, 3.8) is 0 Å². The highest BCUT2D eigenvalue weighted by Crippen LogP contribution is 2.20. The lowest BCUT2D eigenvalue weighted by Crippen LogP contribution is -2.44. The summed E-state index contributed by atoms with van der Waals surface area (Å²) in [6.07, 6.45) is 1.59. The highest BCUT2D eigenvalue weighted by molar-refractivity contribution is 6.03. The summed E-state index contributed by atoms with van der Waals surface area (Å²) < 4.78 is 10.7. The van der Waals surface area contributed by atoms with Gasteiger partial charge in [-0.25, -0.2) is 4.79 Å². The Morgan fingerprint density at radius 3 is 2.57 bits per heavy atom. The summed E-state index contributed by atoms with van der Waals surface area (Å²) >= 11 is 0. The lowest BCUT2D eigenvalue weighted by Gasteiger charge is -2.29. The van der Waals surface area contributed by atoms with Crippen molar-refractivity contribution < 1.29 is 18.7 Å². The molecule has 1 atom stereocenters. The fourth-order valence-electron chi connectivity index (χ4n) is 2.40. The molecule has 0 radical (unpaired) electrons. The molecule has 1 aromatic heterocycles. The van der Waals surface area contributed by atoms with Crippen molar-refractivity contribution in [2.75, 3.05) is 7.05 Å². The van der Waals surface area contributed by atoms with Gasteiger partial charge in [-0.15, -0.1) is 0 Å². The van der Waals surface area contributed by atoms with Gasteiger partial charge in [-0.05, 0) is 39.3 Å². The van der Waals surface area contributed by atoms with Gasteiger partial charge < -0.3 is 14.1 Å². The zero-order chi connectivity index (χ0) is 17.2. The monoisotopic (exact) mass is 317 g/mol. The predicted octanol–water partition coefficient (Wildman–Crippen LogP) is 4.26. The Hall–Kier alpha value is -2.30. The average Bonchev–Trinajstić information content (AvgIpc) is 2.93. The third-order valence-corrected chi connectivity index (χ3v) is 3.58. The van der Waals surface area contributed by atoms with E-state index in [4.69, 9.17) is 9.15 Å². The molecule has 1 aromatic carbocycles. The van der Waals surface area contributed by atoms with Gasteiger partial charge in [-0.1, -0.05) is 19.1 Å². The van der Waals surface area contributed by atoms with E-state index in [1.807, 2.05) is 19.1 Å². The Balaban J connectivity index is 2.21. The van der Waals surface area contributed by atoms with Crippen LogP contribution < -0.4 is 0 Å². The first-order valence-electron chi connectivity index (χ1n) is 7.70. The van der Waals surface area contributed by atoms with Crippen molar-refractivity contribution in [3.8, 4) is 0 Å². The smallest absolute Gasteiger partial charge is 0.410 e. The second-order valence-electron chi connectivity index (χ2n) is 6.55. The van der Waals surface area contributed by atoms with Crippen molar-refractivity contribution in [1.29, 1.82) is 0 Å². The van der Waals surface area contributed by atoms with Crippen LogP contribution in [-0.4, -0.2) is 35.5 Å². The van der Waals surface area contributed by atoms with E-state index in [-0.39, 0.29) is 5.78 Å². The molecule has 0 unspecified atom stereocenters. The van der Waals surface area contributed by atoms with E-state index in [1.54, 1.807) is 46.2 Å². The maximum Gasteiger partial charge on any atom is 0.410 e. The molecule has 0 saturated carbocycles. The molecular weight excluding hydrogens is 294 g/mol. The first-order valence-corrected chi connectivity index (χ1v) is 7.70. The van der Waals surface area contributed by atoms with Crippen LogP contribution in [0.2, 0.25) is 0 Å². The van der Waals surface area contributed by atoms with Gasteiger partial charge in [0.25, 0.3) is 0 Å². The number of ketones is 1. The summed E-state index contributed by atoms with van der Waals surface area (Å²) in [7, 11) is 1.59. The molecule has 5 heteroatoms. The fraction of sp³-hybridized carbons (Fsp3) is 0.444. The van der Waals surface area contributed by atoms with Crippen LogP contribution in [0.25, 0.3) is 11.0 Å². The lowest BCUT2D eigenvalue weighted by molar-refractivity contribution is 0.0214. The molecule has 124 valence electrons. The maximum absolute atomic E-state index is 12.8. The number of Topliss-reactive ketones (excluding diaryl/α,β-unsaturated/α-hetero) is 1. The van der Waals surface area contributed by atoms with E-state index in [9.17, 15) is 9.59 Å². The van der Waals surface area contributed by atoms with Gasteiger partial charge in [0.05, 0.1) is 12.3 Å². The van der Waals surface area contributed by atoms with Crippen LogP contribution in [0.1, 0.15) is 44.5 Å². The molecule has 1 amide bonds. The van der Waals surface area contributed by atoms with Crippen molar-refractivity contribution in [2.24, 2.45) is 0 Å². The Bertz CT molecular complexity index is 711. The minimum atomic E-state index is -0.597. The average molecular weight is 317 g/mol. The molecule has 0 aliphatic rings. The molecule has 0 aliphatic heterocycles. The van der Waals surface area contributed by atoms with Crippen LogP contribution in [0.15, 0.2) is 34.9 Å². The van der Waals surface area contributed by atoms with Crippen LogP contribution in [0.3, 0.4) is 0 Å². The summed E-state index contributed by atoms with van der Waals surface area (Å²) in [4.78, 5) is 26.3. The molecule has 0 spiro atoms. The van der Waals surface area contributed by atoms with E-state index in [1.165, 1.54) is 4.90 Å². The minimum Gasteiger partial charge on any atom is -0.464 e. The minimum absolute atomic E-state index is 0.126. The van der Waals surface area contributed by atoms with E-state index >= 15 is 0 Å². The van der Waals surface area contributed by atoms with Crippen molar-refractivity contribution >= 4 is 22.8 Å². The summed E-state index contributed by atoms with van der Waals surface area (Å²) in [5.74, 6) is -0.126. The van der Waals surface area contributed by atoms with E-state index in [0.717, 1.165) is 5.39 Å². The topological polar surface area (TPSA) is 59.8 Å². The van der Waals surface area contributed by atoms with Gasteiger partial charge >= 0.3 is 6.09 Å². The Kier molecular flexibility index (Phi) is 4.78. The van der Waals surface area contributed by atoms with Gasteiger partial charge in [0.1, 0.15) is 11.2 Å². The molecule has 23 heavy (non-hydrogen) atoms. The molecule has 0 saturated heterocycles. The van der Waals surface area contributed by atoms with E-state index < -0.39 is 17.7 Å². The molecular formula is C18H23NO4. The third-order valence-electron chi connectivity index (χ3n) is 3.58. The van der Waals surface area contributed by atoms with Gasteiger partial charge in [0.2, 0.25) is 0 Å². The summed E-state index contributed by atoms with van der Waals surface area (Å²) in [5.41, 5.74) is 0.583. The molecule has 0 N–H and O–H groups in total. The lowest BCUT2D eigenvalue weighted by atomic mass is 10.0. The molecule has 5 nitrogen and oxygen atoms in total. The first kappa shape index (κ1) is 17.1. The van der Waals surface area contributed by atoms with Gasteiger partial charge in [0.15, 0.2) is 5.78 Å². The first-order chi connectivity index (χ1) is 10.7. The third kappa shape index (κ3) is 3.92. The molecule has 0 fully saturated rings. The van der Waals surface area contributed by atoms with E-state index in [2.05, 4.69) is 0 Å². The van der Waals surface area contributed by atoms with Gasteiger partial charge in [-0.2, -0.15) is 0 Å². The molecule has 1 heterocycles. The number of likely N-dealkylation sites (N-methyl/N-ethyl adjacent to an activating group) is 1. The van der Waals surface area contributed by atoms with Crippen LogP contribution in [0.5, 0.6) is 0 Å². The van der Waals surface area contributed by atoms with E-state index in [0.29, 0.717) is 17.6 Å². The number of amides is 1. The quantitative estimate of drug-likeness (QED) is 0.790. The Labute approximate surface area is 136 Å². The SMILES string of the molecule is CC[C@H](C(=O)c1ccc2ccoc2c1)N(C)C(=O)OC(C)(C)C. The zero-order valence-electron chi connectivity index (χ0n) is 14.3. The molecule has 2 rings (SSSR count). The predicted molar refractivity (Wildman–Crippen MR) is 88.6 cm³/mol. The summed E-state index contributed by atoms with van der Waals surface area (Å²) in [5, 5.41) is 0.940. The number of hydrogen-bond donors (Lipinski definition) is 0. The second-order valence-corrected chi connectivity index (χ2v) is 6.55. The number of hydrogen-bond acceptors (Lipinski definition) is 4. The number of fused-ring (bicyclic) bond motifs is 1. The summed E-state index contributed by atoms with van der Waals surface area (Å²) in [6.45, 7) is 7.26. The Morgan fingerprint density at radius 1 is 1.26 bits per heavy atom. The standard InChI is InChI=1S/C18H23NO4/c1-6-14(19(5)17(21)23-18(2,3)4)16(20)13-8-7-12-9-10-22-15(12)11-13/h7-11,14H,6H2,1-5H3/t14-/m1/s1. The number of carbonyl (C=O) groups is 2. The molecule has 0 bridgehead atoms. The van der Waals surface area contributed by atoms with Crippen LogP contribution in [0.4, 0.5) is 4.79 Å². The largest absolute Gasteiger partial charge is 0.464 e. The highest BCUT2D eigenvalue weighted by Gasteiger charge is 2.29. The van der Waals surface area contributed by atoms with Gasteiger partial charge in [-0.3, -0.25) is 4.79 Å². The molecule has 0 aliphatic carbocycles. The second kappa shape index (κ2) is 6.44. The van der Waals surface area contributed by atoms with Crippen LogP contribution in [0, 0.1) is 0 Å². The number of rotatable bonds is 4. The van der Waals surface area contributed by atoms with Crippen LogP contribution >= 0.6 is 0 Å². The number of benzene rings is 1. The number of ether oxygens (including phenoxy) is 1. The molecule has 2 aromatic rings. The highest BCUT2D eigenvalue weighted by atomic mass is 16.6. The number of furan rings is 1. The summed E-state index contributed by atoms with van der Waals surface area (Å²) in [6, 6.07) is 6.58. The number of nitrogens with zero attached hydrogens (tertiary/aromatic N) is 1. The fourth-order valence-corrected chi connectivity index (χ4v) is 2.40.